The van der Waals surface area contributed by atoms with Crippen LogP contribution in [0.2, 0.25) is 0 Å². The highest BCUT2D eigenvalue weighted by atomic mass is 19.1. The summed E-state index contributed by atoms with van der Waals surface area (Å²) in [6, 6.07) is 0. The van der Waals surface area contributed by atoms with E-state index in [0.717, 1.165) is 25.7 Å². The van der Waals surface area contributed by atoms with Gasteiger partial charge in [0.1, 0.15) is 0 Å². The Morgan fingerprint density at radius 1 is 1.46 bits per heavy atom. The number of allylic oxidation sites excluding steroid dienone is 1. The van der Waals surface area contributed by atoms with Gasteiger partial charge in [0.05, 0.1) is 6.61 Å². The zero-order valence-corrected chi connectivity index (χ0v) is 7.88. The minimum absolute atomic E-state index is 0.130. The lowest BCUT2D eigenvalue weighted by Crippen LogP contribution is -2.09. The summed E-state index contributed by atoms with van der Waals surface area (Å²) < 4.78 is 17.7. The van der Waals surface area contributed by atoms with E-state index in [4.69, 9.17) is 4.74 Å². The Balaban J connectivity index is 2.60. The largest absolute Gasteiger partial charge is 0.460 e. The second-order valence-corrected chi connectivity index (χ2v) is 3.48. The third-order valence-electron chi connectivity index (χ3n) is 2.16. The molecule has 1 atom stereocenters. The minimum Gasteiger partial charge on any atom is -0.460 e. The number of hydrogen-bond donors (Lipinski definition) is 0. The molecule has 1 aliphatic heterocycles. The van der Waals surface area contributed by atoms with Gasteiger partial charge in [0.25, 0.3) is 0 Å². The average Bonchev–Trinajstić information content (AvgIpc) is 2.09. The van der Waals surface area contributed by atoms with Gasteiger partial charge in [-0.1, -0.05) is 19.8 Å². The third-order valence-corrected chi connectivity index (χ3v) is 2.16. The van der Waals surface area contributed by atoms with Crippen LogP contribution in [-0.2, 0) is 9.53 Å². The summed E-state index contributed by atoms with van der Waals surface area (Å²) in [6.07, 6.45) is 5.26. The van der Waals surface area contributed by atoms with Crippen molar-refractivity contribution in [2.45, 2.75) is 32.6 Å². The summed E-state index contributed by atoms with van der Waals surface area (Å²) in [7, 11) is 0. The van der Waals surface area contributed by atoms with Crippen molar-refractivity contribution in [3.05, 3.63) is 11.9 Å². The van der Waals surface area contributed by atoms with Gasteiger partial charge in [-0.05, 0) is 24.8 Å². The van der Waals surface area contributed by atoms with Gasteiger partial charge in [-0.25, -0.2) is 4.79 Å². The van der Waals surface area contributed by atoms with E-state index in [2.05, 4.69) is 0 Å². The van der Waals surface area contributed by atoms with Crippen LogP contribution in [0.5, 0.6) is 0 Å². The molecule has 1 heterocycles. The van der Waals surface area contributed by atoms with Crippen molar-refractivity contribution >= 4 is 5.97 Å². The molecule has 0 N–H and O–H groups in total. The maximum absolute atomic E-state index is 13.0. The Kier molecular flexibility index (Phi) is 3.93. The van der Waals surface area contributed by atoms with Crippen LogP contribution in [0, 0.1) is 5.92 Å². The number of halogens is 1. The fraction of sp³-hybridized carbons (Fsp3) is 0.700. The lowest BCUT2D eigenvalue weighted by Gasteiger charge is -2.10. The second-order valence-electron chi connectivity index (χ2n) is 3.48. The first kappa shape index (κ1) is 10.2. The van der Waals surface area contributed by atoms with E-state index < -0.39 is 11.8 Å². The van der Waals surface area contributed by atoms with Crippen LogP contribution in [0.1, 0.15) is 32.6 Å². The van der Waals surface area contributed by atoms with Crippen molar-refractivity contribution in [3.8, 4) is 0 Å². The molecule has 74 valence electrons. The first-order chi connectivity index (χ1) is 6.20. The number of rotatable bonds is 0. The minimum atomic E-state index is -0.811. The number of ether oxygens (including phenoxy) is 1. The molecule has 0 aromatic heterocycles. The molecule has 1 aliphatic rings. The lowest BCUT2D eigenvalue weighted by atomic mass is 10.0. The zero-order valence-electron chi connectivity index (χ0n) is 7.88. The van der Waals surface area contributed by atoms with Gasteiger partial charge in [-0.2, -0.15) is 4.39 Å². The van der Waals surface area contributed by atoms with Crippen LogP contribution in [0.25, 0.3) is 0 Å². The van der Waals surface area contributed by atoms with Crippen molar-refractivity contribution in [1.82, 2.24) is 0 Å². The van der Waals surface area contributed by atoms with E-state index in [1.807, 2.05) is 6.92 Å². The highest BCUT2D eigenvalue weighted by molar-refractivity contribution is 5.85. The molecular formula is C10H15FO2. The first-order valence-corrected chi connectivity index (χ1v) is 4.74. The Morgan fingerprint density at radius 2 is 2.23 bits per heavy atom. The molecule has 0 amide bonds. The highest BCUT2D eigenvalue weighted by Crippen LogP contribution is 2.16. The van der Waals surface area contributed by atoms with Crippen LogP contribution in [0.3, 0.4) is 0 Å². The summed E-state index contributed by atoms with van der Waals surface area (Å²) in [4.78, 5) is 10.9. The quantitative estimate of drug-likeness (QED) is 0.543. The van der Waals surface area contributed by atoms with Gasteiger partial charge in [0, 0.05) is 0 Å². The summed E-state index contributed by atoms with van der Waals surface area (Å²) in [6.45, 7) is 2.25. The fourth-order valence-corrected chi connectivity index (χ4v) is 1.38. The topological polar surface area (TPSA) is 26.3 Å². The van der Waals surface area contributed by atoms with E-state index in [1.165, 1.54) is 6.08 Å². The van der Waals surface area contributed by atoms with Crippen LogP contribution in [0.15, 0.2) is 11.9 Å². The number of carbonyl (C=O) groups excluding carboxylic acids is 1. The standard InChI is InChI=1S/C10H15FO2/c1-8-5-3-2-4-6-13-10(12)9(11)7-8/h7-8H,2-6H2,1H3/b9-7+. The lowest BCUT2D eigenvalue weighted by molar-refractivity contribution is -0.141. The number of cyclic esters (lactones) is 1. The average molecular weight is 186 g/mol. The maximum Gasteiger partial charge on any atom is 0.366 e. The van der Waals surface area contributed by atoms with Gasteiger partial charge in [0.2, 0.25) is 5.83 Å². The summed E-state index contributed by atoms with van der Waals surface area (Å²) >= 11 is 0. The Labute approximate surface area is 77.8 Å². The number of esters is 1. The Morgan fingerprint density at radius 3 is 3.00 bits per heavy atom. The molecule has 0 aromatic rings. The maximum atomic E-state index is 13.0. The molecule has 3 heteroatoms. The van der Waals surface area contributed by atoms with Gasteiger partial charge >= 0.3 is 5.97 Å². The number of hydrogen-bond acceptors (Lipinski definition) is 2. The van der Waals surface area contributed by atoms with Crippen molar-refractivity contribution < 1.29 is 13.9 Å². The predicted octanol–water partition coefficient (Wildman–Crippen LogP) is 2.59. The van der Waals surface area contributed by atoms with Crippen LogP contribution in [0.4, 0.5) is 4.39 Å². The molecule has 0 saturated heterocycles. The molecule has 0 saturated carbocycles. The number of carbonyl (C=O) groups is 1. The molecule has 1 unspecified atom stereocenters. The van der Waals surface area contributed by atoms with Crippen molar-refractivity contribution in [2.24, 2.45) is 5.92 Å². The van der Waals surface area contributed by atoms with E-state index in [0.29, 0.717) is 6.61 Å². The normalized spacial score (nSPS) is 30.2. The van der Waals surface area contributed by atoms with E-state index in [-0.39, 0.29) is 5.92 Å². The second kappa shape index (κ2) is 5.00. The molecule has 0 aromatic carbocycles. The third kappa shape index (κ3) is 3.57. The van der Waals surface area contributed by atoms with E-state index >= 15 is 0 Å². The van der Waals surface area contributed by atoms with Crippen LogP contribution < -0.4 is 0 Å². The highest BCUT2D eigenvalue weighted by Gasteiger charge is 2.13. The molecule has 0 aliphatic carbocycles. The van der Waals surface area contributed by atoms with Crippen LogP contribution >= 0.6 is 0 Å². The summed E-state index contributed by atoms with van der Waals surface area (Å²) in [5, 5.41) is 0. The van der Waals surface area contributed by atoms with Gasteiger partial charge < -0.3 is 4.74 Å². The van der Waals surface area contributed by atoms with Gasteiger partial charge in [0.15, 0.2) is 0 Å². The summed E-state index contributed by atoms with van der Waals surface area (Å²) in [5.74, 6) is -1.42. The molecule has 0 spiro atoms. The van der Waals surface area contributed by atoms with E-state index in [9.17, 15) is 9.18 Å². The zero-order chi connectivity index (χ0) is 9.68. The molecule has 2 nitrogen and oxygen atoms in total. The van der Waals surface area contributed by atoms with Gasteiger partial charge in [-0.15, -0.1) is 0 Å². The fourth-order valence-electron chi connectivity index (χ4n) is 1.38. The smallest absolute Gasteiger partial charge is 0.366 e. The molecule has 0 radical (unpaired) electrons. The molecule has 0 fully saturated rings. The van der Waals surface area contributed by atoms with Crippen molar-refractivity contribution in [3.63, 3.8) is 0 Å². The molecule has 0 bridgehead atoms. The molecular weight excluding hydrogens is 171 g/mol. The predicted molar refractivity (Wildman–Crippen MR) is 47.8 cm³/mol. The summed E-state index contributed by atoms with van der Waals surface area (Å²) in [5.41, 5.74) is 0. The van der Waals surface area contributed by atoms with Gasteiger partial charge in [-0.3, -0.25) is 0 Å². The monoisotopic (exact) mass is 186 g/mol. The first-order valence-electron chi connectivity index (χ1n) is 4.74. The van der Waals surface area contributed by atoms with E-state index in [1.54, 1.807) is 0 Å². The Hall–Kier alpha value is -0.860. The molecule has 13 heavy (non-hydrogen) atoms. The Bertz CT molecular complexity index is 211. The van der Waals surface area contributed by atoms with Crippen LogP contribution in [-0.4, -0.2) is 12.6 Å². The van der Waals surface area contributed by atoms with Crippen molar-refractivity contribution in [2.75, 3.05) is 6.61 Å². The SMILES string of the molecule is CC1/C=C(/F)C(=O)OCCCCC1. The van der Waals surface area contributed by atoms with Crippen molar-refractivity contribution in [1.29, 1.82) is 0 Å². The molecule has 1 rings (SSSR count).